The fourth-order valence-electron chi connectivity index (χ4n) is 4.42. The van der Waals surface area contributed by atoms with E-state index in [1.54, 1.807) is 31.5 Å². The predicted octanol–water partition coefficient (Wildman–Crippen LogP) is 4.10. The van der Waals surface area contributed by atoms with Gasteiger partial charge in [0, 0.05) is 18.1 Å². The highest BCUT2D eigenvalue weighted by molar-refractivity contribution is 5.83. The molecule has 33 heavy (non-hydrogen) atoms. The molecular formula is C25H26FN3O4. The number of oxazole rings is 1. The number of hydrogen-bond acceptors (Lipinski definition) is 6. The number of benzene rings is 1. The van der Waals surface area contributed by atoms with Crippen LogP contribution in [0.15, 0.2) is 47.5 Å². The van der Waals surface area contributed by atoms with E-state index in [4.69, 9.17) is 9.15 Å². The Hall–Kier alpha value is -3.44. The largest absolute Gasteiger partial charge is 0.497 e. The van der Waals surface area contributed by atoms with Crippen LogP contribution in [0.25, 0.3) is 10.9 Å². The Morgan fingerprint density at radius 3 is 3.03 bits per heavy atom. The first-order valence-corrected chi connectivity index (χ1v) is 10.9. The van der Waals surface area contributed by atoms with Crippen molar-refractivity contribution in [2.45, 2.75) is 25.4 Å². The molecule has 3 heterocycles. The predicted molar refractivity (Wildman–Crippen MR) is 120 cm³/mol. The van der Waals surface area contributed by atoms with Crippen molar-refractivity contribution in [3.63, 3.8) is 0 Å². The van der Waals surface area contributed by atoms with Gasteiger partial charge in [-0.25, -0.2) is 9.37 Å². The lowest BCUT2D eigenvalue weighted by Crippen LogP contribution is -2.44. The lowest BCUT2D eigenvalue weighted by atomic mass is 9.81. The normalized spacial score (nSPS) is 19.6. The fourth-order valence-corrected chi connectivity index (χ4v) is 4.42. The number of carbonyl (C=O) groups is 1. The Morgan fingerprint density at radius 1 is 1.39 bits per heavy atom. The Bertz CT molecular complexity index is 1160. The van der Waals surface area contributed by atoms with Crippen LogP contribution in [0.4, 0.5) is 4.39 Å². The third-order valence-corrected chi connectivity index (χ3v) is 6.22. The molecule has 0 bridgehead atoms. The standard InChI is InChI=1S/C25H26FN3O4/c1-32-19-5-7-24-21(13-19)20(8-10-27-24)23(26)6-4-17-9-12-29(14-22(17)25(30)31)11-2-3-18-15-33-16-28-18/h5,7-8,10,13,15-17,22-23H,4,6,9,11-12,14H2,1H3,(H,30,31)/t17-,22+,23?/m1/s1. The van der Waals surface area contributed by atoms with Crippen LogP contribution >= 0.6 is 0 Å². The van der Waals surface area contributed by atoms with Crippen molar-refractivity contribution in [2.24, 2.45) is 11.8 Å². The summed E-state index contributed by atoms with van der Waals surface area (Å²) in [5, 5.41) is 10.5. The van der Waals surface area contributed by atoms with E-state index in [-0.39, 0.29) is 12.3 Å². The van der Waals surface area contributed by atoms with Crippen molar-refractivity contribution in [1.29, 1.82) is 0 Å². The number of piperidine rings is 1. The number of methoxy groups -OCH3 is 1. The van der Waals surface area contributed by atoms with Crippen molar-refractivity contribution in [3.8, 4) is 17.6 Å². The number of rotatable bonds is 7. The minimum absolute atomic E-state index is 0.0804. The summed E-state index contributed by atoms with van der Waals surface area (Å²) in [5.41, 5.74) is 1.82. The maximum absolute atomic E-state index is 15.3. The monoisotopic (exact) mass is 451 g/mol. The van der Waals surface area contributed by atoms with Gasteiger partial charge in [-0.3, -0.25) is 14.7 Å². The molecule has 3 atom stereocenters. The van der Waals surface area contributed by atoms with E-state index in [9.17, 15) is 9.90 Å². The molecule has 0 spiro atoms. The van der Waals surface area contributed by atoms with Crippen molar-refractivity contribution < 1.29 is 23.4 Å². The average Bonchev–Trinajstić information content (AvgIpc) is 3.35. The number of fused-ring (bicyclic) bond motifs is 1. The zero-order valence-electron chi connectivity index (χ0n) is 18.4. The Labute approximate surface area is 191 Å². The van der Waals surface area contributed by atoms with Crippen LogP contribution in [0.3, 0.4) is 0 Å². The fraction of sp³-hybridized carbons (Fsp3) is 0.400. The molecule has 1 N–H and O–H groups in total. The number of ether oxygens (including phenoxy) is 1. The summed E-state index contributed by atoms with van der Waals surface area (Å²) in [7, 11) is 1.57. The second kappa shape index (κ2) is 10.5. The Morgan fingerprint density at radius 2 is 2.27 bits per heavy atom. The smallest absolute Gasteiger partial charge is 0.308 e. The first-order chi connectivity index (χ1) is 16.0. The highest BCUT2D eigenvalue weighted by Gasteiger charge is 2.34. The maximum Gasteiger partial charge on any atom is 0.308 e. The first-order valence-electron chi connectivity index (χ1n) is 10.9. The SMILES string of the molecule is COc1ccc2nccc(C(F)CC[C@@H]3CCN(CC#Cc4cocn4)C[C@@H]3C(=O)O)c2c1. The van der Waals surface area contributed by atoms with Gasteiger partial charge in [-0.2, -0.15) is 0 Å². The van der Waals surface area contributed by atoms with Crippen LogP contribution in [-0.4, -0.2) is 52.7 Å². The van der Waals surface area contributed by atoms with E-state index in [1.165, 1.54) is 12.7 Å². The van der Waals surface area contributed by atoms with Crippen LogP contribution in [0.1, 0.15) is 36.7 Å². The molecule has 0 aliphatic carbocycles. The van der Waals surface area contributed by atoms with Crippen molar-refractivity contribution in [2.75, 3.05) is 26.7 Å². The van der Waals surface area contributed by atoms with Crippen molar-refractivity contribution in [3.05, 3.63) is 54.4 Å². The summed E-state index contributed by atoms with van der Waals surface area (Å²) < 4.78 is 25.5. The Kier molecular flexibility index (Phi) is 7.20. The summed E-state index contributed by atoms with van der Waals surface area (Å²) in [6.45, 7) is 1.59. The van der Waals surface area contributed by atoms with E-state index in [0.29, 0.717) is 48.5 Å². The number of nitrogens with zero attached hydrogens (tertiary/aromatic N) is 3. The van der Waals surface area contributed by atoms with E-state index in [2.05, 4.69) is 21.8 Å². The average molecular weight is 451 g/mol. The molecular weight excluding hydrogens is 425 g/mol. The van der Waals surface area contributed by atoms with Gasteiger partial charge in [0.25, 0.3) is 0 Å². The molecule has 4 rings (SSSR count). The molecule has 1 aliphatic rings. The number of hydrogen-bond donors (Lipinski definition) is 1. The zero-order valence-corrected chi connectivity index (χ0v) is 18.4. The summed E-state index contributed by atoms with van der Waals surface area (Å²) >= 11 is 0. The summed E-state index contributed by atoms with van der Waals surface area (Å²) in [6.07, 6.45) is 4.65. The van der Waals surface area contributed by atoms with Gasteiger partial charge in [-0.1, -0.05) is 5.92 Å². The third-order valence-electron chi connectivity index (χ3n) is 6.22. The van der Waals surface area contributed by atoms with E-state index in [1.807, 2.05) is 11.0 Å². The minimum atomic E-state index is -1.21. The topological polar surface area (TPSA) is 88.7 Å². The van der Waals surface area contributed by atoms with Crippen LogP contribution in [0, 0.1) is 23.7 Å². The van der Waals surface area contributed by atoms with Crippen LogP contribution in [0.5, 0.6) is 5.75 Å². The van der Waals surface area contributed by atoms with E-state index >= 15 is 4.39 Å². The number of alkyl halides is 1. The molecule has 1 fully saturated rings. The summed E-state index contributed by atoms with van der Waals surface area (Å²) in [4.78, 5) is 22.2. The second-order valence-corrected chi connectivity index (χ2v) is 8.23. The van der Waals surface area contributed by atoms with Gasteiger partial charge < -0.3 is 14.3 Å². The molecule has 0 amide bonds. The second-order valence-electron chi connectivity index (χ2n) is 8.23. The van der Waals surface area contributed by atoms with Gasteiger partial charge >= 0.3 is 5.97 Å². The Balaban J connectivity index is 1.38. The maximum atomic E-state index is 15.3. The molecule has 1 aliphatic heterocycles. The van der Waals surface area contributed by atoms with Gasteiger partial charge in [0.05, 0.1) is 25.1 Å². The highest BCUT2D eigenvalue weighted by Crippen LogP contribution is 2.35. The lowest BCUT2D eigenvalue weighted by molar-refractivity contribution is -0.146. The number of likely N-dealkylation sites (tertiary alicyclic amines) is 1. The van der Waals surface area contributed by atoms with Gasteiger partial charge in [0.1, 0.15) is 18.2 Å². The molecule has 8 heteroatoms. The molecule has 172 valence electrons. The molecule has 1 aromatic carbocycles. The molecule has 0 radical (unpaired) electrons. The zero-order chi connectivity index (χ0) is 23.2. The number of pyridine rings is 1. The molecule has 3 aromatic rings. The van der Waals surface area contributed by atoms with E-state index in [0.717, 1.165) is 11.9 Å². The van der Waals surface area contributed by atoms with Crippen LogP contribution in [0.2, 0.25) is 0 Å². The number of halogens is 1. The van der Waals surface area contributed by atoms with Crippen LogP contribution in [-0.2, 0) is 4.79 Å². The quantitative estimate of drug-likeness (QED) is 0.541. The van der Waals surface area contributed by atoms with Crippen molar-refractivity contribution >= 4 is 16.9 Å². The lowest BCUT2D eigenvalue weighted by Gasteiger charge is -2.35. The first kappa shape index (κ1) is 22.7. The third kappa shape index (κ3) is 5.49. The summed E-state index contributed by atoms with van der Waals surface area (Å²) in [5.74, 6) is 5.09. The minimum Gasteiger partial charge on any atom is -0.497 e. The summed E-state index contributed by atoms with van der Waals surface area (Å²) in [6, 6.07) is 7.10. The number of carboxylic acid groups (broad SMARTS) is 1. The molecule has 1 saturated heterocycles. The molecule has 7 nitrogen and oxygen atoms in total. The molecule has 1 unspecified atom stereocenters. The number of carboxylic acids is 1. The number of aromatic nitrogens is 2. The van der Waals surface area contributed by atoms with Gasteiger partial charge in [-0.05, 0) is 67.5 Å². The van der Waals surface area contributed by atoms with Gasteiger partial charge in [-0.15, -0.1) is 0 Å². The van der Waals surface area contributed by atoms with Crippen LogP contribution < -0.4 is 4.74 Å². The number of aliphatic carboxylic acids is 1. The van der Waals surface area contributed by atoms with Gasteiger partial charge in [0.2, 0.25) is 0 Å². The highest BCUT2D eigenvalue weighted by atomic mass is 19.1. The molecule has 0 saturated carbocycles. The van der Waals surface area contributed by atoms with E-state index < -0.39 is 18.1 Å². The van der Waals surface area contributed by atoms with Crippen molar-refractivity contribution in [1.82, 2.24) is 14.9 Å². The van der Waals surface area contributed by atoms with Gasteiger partial charge in [0.15, 0.2) is 12.1 Å². The molecule has 2 aromatic heterocycles.